The Morgan fingerprint density at radius 1 is 1.35 bits per heavy atom. The number of H-pyrrole nitrogens is 1. The monoisotopic (exact) mass is 346 g/mol. The van der Waals surface area contributed by atoms with Gasteiger partial charge in [-0.15, -0.1) is 0 Å². The van der Waals surface area contributed by atoms with Crippen molar-refractivity contribution in [1.29, 1.82) is 5.26 Å². The molecule has 0 bridgehead atoms. The quantitative estimate of drug-likeness (QED) is 0.743. The van der Waals surface area contributed by atoms with E-state index >= 15 is 0 Å². The van der Waals surface area contributed by atoms with Gasteiger partial charge in [-0.2, -0.15) is 9.64 Å². The minimum atomic E-state index is -1.37. The average molecular weight is 346 g/mol. The first-order valence-electron chi connectivity index (χ1n) is 7.22. The Kier molecular flexibility index (Phi) is 5.53. The zero-order chi connectivity index (χ0) is 17.0. The summed E-state index contributed by atoms with van der Waals surface area (Å²) in [6, 6.07) is 7.74. The largest absolute Gasteiger partial charge is 0.358 e. The summed E-state index contributed by atoms with van der Waals surface area (Å²) in [6.07, 6.45) is 1.67. The topological polar surface area (TPSA) is 81.6 Å². The molecule has 7 heteroatoms. The second kappa shape index (κ2) is 7.40. The third kappa shape index (κ3) is 3.44. The third-order valence-corrected chi connectivity index (χ3v) is 5.40. The molecule has 5 nitrogen and oxygen atoms in total. The van der Waals surface area contributed by atoms with Crippen molar-refractivity contribution in [2.75, 3.05) is 4.72 Å². The molecule has 0 aliphatic rings. The van der Waals surface area contributed by atoms with E-state index in [0.29, 0.717) is 15.5 Å². The lowest BCUT2D eigenvalue weighted by atomic mass is 10.1. The van der Waals surface area contributed by atoms with Crippen LogP contribution >= 0.6 is 11.5 Å². The van der Waals surface area contributed by atoms with E-state index < -0.39 is 11.0 Å². The summed E-state index contributed by atoms with van der Waals surface area (Å²) in [5, 5.41) is 10.0. The molecule has 0 aliphatic heterocycles. The third-order valence-electron chi connectivity index (χ3n) is 3.16. The molecule has 0 amide bonds. The van der Waals surface area contributed by atoms with Crippen molar-refractivity contribution in [3.63, 3.8) is 0 Å². The van der Waals surface area contributed by atoms with Crippen molar-refractivity contribution in [2.45, 2.75) is 31.9 Å². The van der Waals surface area contributed by atoms with Crippen LogP contribution in [-0.2, 0) is 11.0 Å². The van der Waals surface area contributed by atoms with Crippen molar-refractivity contribution in [3.05, 3.63) is 41.2 Å². The number of hydrogen-bond acceptors (Lipinski definition) is 4. The van der Waals surface area contributed by atoms with E-state index in [0.717, 1.165) is 22.2 Å². The fourth-order valence-corrected chi connectivity index (χ4v) is 3.94. The van der Waals surface area contributed by atoms with Crippen LogP contribution in [0.25, 0.3) is 10.9 Å². The van der Waals surface area contributed by atoms with Crippen LogP contribution in [0.1, 0.15) is 30.7 Å². The van der Waals surface area contributed by atoms with E-state index in [-0.39, 0.29) is 0 Å². The average Bonchev–Trinajstić information content (AvgIpc) is 3.18. The van der Waals surface area contributed by atoms with Crippen LogP contribution in [0.15, 0.2) is 28.6 Å². The maximum absolute atomic E-state index is 12.3. The van der Waals surface area contributed by atoms with E-state index in [1.165, 1.54) is 11.5 Å². The molecule has 2 heterocycles. The number of nitriles is 1. The Labute approximate surface area is 142 Å². The van der Waals surface area contributed by atoms with Gasteiger partial charge < -0.3 is 4.98 Å². The summed E-state index contributed by atoms with van der Waals surface area (Å²) in [7, 11) is -1.37. The molecule has 1 unspecified atom stereocenters. The van der Waals surface area contributed by atoms with Crippen LogP contribution < -0.4 is 4.72 Å². The van der Waals surface area contributed by atoms with Gasteiger partial charge in [0.05, 0.1) is 22.5 Å². The predicted octanol–water partition coefficient (Wildman–Crippen LogP) is 4.27. The highest BCUT2D eigenvalue weighted by Gasteiger charge is 2.13. The normalized spacial score (nSPS) is 11.4. The standard InChI is InChI=1S/C14H12N4OS2.C2H6/c1-8-3-4-11(14-13(8)10(6-15)7-16-14)18-21(19)12-5-9(2)17-20-12;1-2/h3-5,7,16,18H,1-2H3;1-2H3. The molecule has 1 atom stereocenters. The van der Waals surface area contributed by atoms with Gasteiger partial charge in [-0.3, -0.25) is 4.72 Å². The van der Waals surface area contributed by atoms with E-state index in [4.69, 9.17) is 5.26 Å². The lowest BCUT2D eigenvalue weighted by molar-refractivity contribution is 0.687. The van der Waals surface area contributed by atoms with Crippen LogP contribution in [0, 0.1) is 25.2 Å². The van der Waals surface area contributed by atoms with Crippen LogP contribution in [0.2, 0.25) is 0 Å². The first-order valence-corrected chi connectivity index (χ1v) is 9.15. The van der Waals surface area contributed by atoms with E-state index in [1.807, 2.05) is 39.8 Å². The number of aromatic amines is 1. The number of aryl methyl sites for hydroxylation is 2. The Balaban J connectivity index is 0.000000924. The summed E-state index contributed by atoms with van der Waals surface area (Å²) < 4.78 is 20.1. The lowest BCUT2D eigenvalue weighted by Gasteiger charge is -2.07. The van der Waals surface area contributed by atoms with E-state index in [2.05, 4.69) is 20.1 Å². The molecule has 2 aromatic heterocycles. The minimum Gasteiger partial charge on any atom is -0.358 e. The van der Waals surface area contributed by atoms with Gasteiger partial charge in [-0.05, 0) is 43.1 Å². The second-order valence-electron chi connectivity index (χ2n) is 4.65. The molecule has 3 aromatic rings. The smallest absolute Gasteiger partial charge is 0.162 e. The van der Waals surface area contributed by atoms with Crippen LogP contribution in [0.3, 0.4) is 0 Å². The number of anilines is 1. The summed E-state index contributed by atoms with van der Waals surface area (Å²) in [5.74, 6) is 0. The minimum absolute atomic E-state index is 0.588. The summed E-state index contributed by atoms with van der Waals surface area (Å²) in [6.45, 7) is 7.82. The van der Waals surface area contributed by atoms with Gasteiger partial charge in [0.15, 0.2) is 11.0 Å². The fraction of sp³-hybridized carbons (Fsp3) is 0.250. The molecule has 1 aromatic carbocycles. The van der Waals surface area contributed by atoms with Gasteiger partial charge in [0, 0.05) is 11.6 Å². The highest BCUT2D eigenvalue weighted by molar-refractivity contribution is 7.88. The number of hydrogen-bond donors (Lipinski definition) is 2. The van der Waals surface area contributed by atoms with Gasteiger partial charge >= 0.3 is 0 Å². The molecule has 23 heavy (non-hydrogen) atoms. The molecule has 0 saturated carbocycles. The highest BCUT2D eigenvalue weighted by Crippen LogP contribution is 2.29. The molecule has 0 radical (unpaired) electrons. The van der Waals surface area contributed by atoms with Crippen molar-refractivity contribution in [3.8, 4) is 6.07 Å². The zero-order valence-electron chi connectivity index (χ0n) is 13.4. The highest BCUT2D eigenvalue weighted by atomic mass is 32.2. The van der Waals surface area contributed by atoms with Gasteiger partial charge in [-0.25, -0.2) is 4.21 Å². The zero-order valence-corrected chi connectivity index (χ0v) is 15.1. The number of benzene rings is 1. The maximum Gasteiger partial charge on any atom is 0.162 e. The Morgan fingerprint density at radius 2 is 2.09 bits per heavy atom. The van der Waals surface area contributed by atoms with Crippen LogP contribution in [-0.4, -0.2) is 13.6 Å². The Hall–Kier alpha value is -2.17. The maximum atomic E-state index is 12.3. The van der Waals surface area contributed by atoms with Crippen molar-refractivity contribution < 1.29 is 4.21 Å². The van der Waals surface area contributed by atoms with Crippen LogP contribution in [0.4, 0.5) is 5.69 Å². The Bertz CT molecular complexity index is 889. The molecule has 2 N–H and O–H groups in total. The molecule has 0 spiro atoms. The lowest BCUT2D eigenvalue weighted by Crippen LogP contribution is -2.03. The molecule has 120 valence electrons. The van der Waals surface area contributed by atoms with Crippen LogP contribution in [0.5, 0.6) is 0 Å². The predicted molar refractivity (Wildman–Crippen MR) is 96.0 cm³/mol. The van der Waals surface area contributed by atoms with Crippen molar-refractivity contribution in [1.82, 2.24) is 9.36 Å². The molecule has 0 saturated heterocycles. The first-order chi connectivity index (χ1) is 11.1. The molecular formula is C16H18N4OS2. The molecule has 0 fully saturated rings. The molecule has 3 rings (SSSR count). The fourth-order valence-electron chi connectivity index (χ4n) is 2.17. The summed E-state index contributed by atoms with van der Waals surface area (Å²) in [5.41, 5.74) is 3.95. The second-order valence-corrected chi connectivity index (χ2v) is 6.90. The first kappa shape index (κ1) is 17.2. The van der Waals surface area contributed by atoms with Gasteiger partial charge in [0.25, 0.3) is 0 Å². The molecular weight excluding hydrogens is 328 g/mol. The number of fused-ring (bicyclic) bond motifs is 1. The number of aromatic nitrogens is 2. The molecule has 0 aliphatic carbocycles. The van der Waals surface area contributed by atoms with Gasteiger partial charge in [0.2, 0.25) is 0 Å². The summed E-state index contributed by atoms with van der Waals surface area (Å²) in [4.78, 5) is 3.08. The Morgan fingerprint density at radius 3 is 2.70 bits per heavy atom. The van der Waals surface area contributed by atoms with Crippen molar-refractivity contribution >= 4 is 39.1 Å². The summed E-state index contributed by atoms with van der Waals surface area (Å²) >= 11 is 1.22. The SMILES string of the molecule is CC.Cc1cc(S(=O)Nc2ccc(C)c3c(C#N)c[nH]c23)sn1. The van der Waals surface area contributed by atoms with E-state index in [9.17, 15) is 4.21 Å². The number of nitrogens with one attached hydrogen (secondary N) is 2. The van der Waals surface area contributed by atoms with Gasteiger partial charge in [0.1, 0.15) is 10.3 Å². The van der Waals surface area contributed by atoms with E-state index in [1.54, 1.807) is 12.3 Å². The number of nitrogens with zero attached hydrogens (tertiary/aromatic N) is 2. The van der Waals surface area contributed by atoms with Crippen molar-refractivity contribution in [2.24, 2.45) is 0 Å². The number of rotatable bonds is 3. The van der Waals surface area contributed by atoms with Gasteiger partial charge in [-0.1, -0.05) is 19.9 Å².